The maximum Gasteiger partial charge on any atom is 0.232 e. The van der Waals surface area contributed by atoms with Gasteiger partial charge in [-0.2, -0.15) is 0 Å². The molecule has 1 aliphatic rings. The van der Waals surface area contributed by atoms with Crippen molar-refractivity contribution in [2.24, 2.45) is 9.98 Å². The van der Waals surface area contributed by atoms with Gasteiger partial charge in [-0.15, -0.1) is 0 Å². The van der Waals surface area contributed by atoms with E-state index in [2.05, 4.69) is 41.0 Å². The van der Waals surface area contributed by atoms with E-state index in [1.54, 1.807) is 4.90 Å². The number of hydrogen-bond donors (Lipinski definition) is 3. The number of hydrogen-bond acceptors (Lipinski definition) is 10. The highest BCUT2D eigenvalue weighted by Gasteiger charge is 2.19. The van der Waals surface area contributed by atoms with E-state index in [1.165, 1.54) is 30.0 Å². The van der Waals surface area contributed by atoms with E-state index < -0.39 is 15.8 Å². The Morgan fingerprint density at radius 2 is 2.12 bits per heavy atom. The van der Waals surface area contributed by atoms with Crippen LogP contribution >= 0.6 is 27.7 Å². The molecule has 12 nitrogen and oxygen atoms in total. The number of aliphatic imine (C=N–C) groups is 2. The summed E-state index contributed by atoms with van der Waals surface area (Å²) in [4.78, 5) is 10.4. The smallest absolute Gasteiger partial charge is 0.232 e. The highest BCUT2D eigenvalue weighted by Crippen LogP contribution is 2.24. The highest BCUT2D eigenvalue weighted by atomic mass is 79.9. The van der Waals surface area contributed by atoms with Crippen molar-refractivity contribution in [1.82, 2.24) is 25.4 Å². The van der Waals surface area contributed by atoms with E-state index in [-0.39, 0.29) is 28.5 Å². The van der Waals surface area contributed by atoms with Crippen molar-refractivity contribution in [1.29, 1.82) is 0 Å². The molecule has 2 aromatic rings. The molecular formula is C17H21BrFN7O5S2. The molecule has 0 aliphatic carbocycles. The Morgan fingerprint density at radius 3 is 2.79 bits per heavy atom. The lowest BCUT2D eigenvalue weighted by Crippen LogP contribution is -2.48. The number of benzene rings is 1. The molecule has 0 radical (unpaired) electrons. The molecule has 2 heterocycles. The summed E-state index contributed by atoms with van der Waals surface area (Å²) in [5.41, 5.74) is 2.45. The number of nitrogens with zero attached hydrogens (tertiary/aromatic N) is 5. The van der Waals surface area contributed by atoms with Crippen LogP contribution in [0.5, 0.6) is 0 Å². The van der Waals surface area contributed by atoms with Crippen molar-refractivity contribution in [3.63, 3.8) is 0 Å². The van der Waals surface area contributed by atoms with Crippen molar-refractivity contribution < 1.29 is 27.4 Å². The molecular weight excluding hydrogens is 545 g/mol. The molecule has 0 bridgehead atoms. The fourth-order valence-electron chi connectivity index (χ4n) is 2.67. The second-order valence-electron chi connectivity index (χ2n) is 6.62. The topological polar surface area (TPSA) is 155 Å². The third-order valence-corrected chi connectivity index (χ3v) is 6.20. The van der Waals surface area contributed by atoms with Crippen LogP contribution in [0, 0.1) is 5.82 Å². The summed E-state index contributed by atoms with van der Waals surface area (Å²) >= 11 is 4.30. The van der Waals surface area contributed by atoms with Crippen LogP contribution in [0.25, 0.3) is 0 Å². The van der Waals surface area contributed by atoms with Gasteiger partial charge >= 0.3 is 0 Å². The number of rotatable bonds is 7. The zero-order valence-electron chi connectivity index (χ0n) is 17.4. The summed E-state index contributed by atoms with van der Waals surface area (Å²) in [6.45, 7) is 2.26. The number of aromatic nitrogens is 2. The molecule has 0 unspecified atom stereocenters. The molecule has 33 heavy (non-hydrogen) atoms. The zero-order chi connectivity index (χ0) is 23.8. The Kier molecular flexibility index (Phi) is 9.02. The molecule has 1 aliphatic heterocycles. The molecule has 3 N–H and O–H groups in total. The molecule has 1 saturated heterocycles. The van der Waals surface area contributed by atoms with Crippen LogP contribution in [0.4, 0.5) is 10.1 Å². The maximum atomic E-state index is 13.4. The number of thioether (sulfide) groups is 1. The molecule has 3 rings (SSSR count). The fourth-order valence-corrected chi connectivity index (χ4v) is 4.29. The second kappa shape index (κ2) is 11.7. The number of halogens is 2. The minimum Gasteiger partial charge on any atom is -0.378 e. The minimum atomic E-state index is -3.50. The molecule has 0 amide bonds. The number of nitrogens with one attached hydrogen (secondary N) is 2. The van der Waals surface area contributed by atoms with E-state index in [0.29, 0.717) is 42.8 Å². The molecule has 1 aromatic heterocycles. The van der Waals surface area contributed by atoms with Gasteiger partial charge in [0.05, 0.1) is 36.2 Å². The average Bonchev–Trinajstić information content (AvgIpc) is 3.24. The van der Waals surface area contributed by atoms with Crippen LogP contribution in [0.1, 0.15) is 5.69 Å². The Bertz CT molecular complexity index is 1120. The minimum absolute atomic E-state index is 0.0477. The lowest BCUT2D eigenvalue weighted by molar-refractivity contribution is 0.0670. The summed E-state index contributed by atoms with van der Waals surface area (Å²) in [6, 6.07) is 4.08. The zero-order valence-corrected chi connectivity index (χ0v) is 20.6. The van der Waals surface area contributed by atoms with E-state index in [0.717, 1.165) is 6.26 Å². The van der Waals surface area contributed by atoms with Crippen LogP contribution in [0.2, 0.25) is 0 Å². The summed E-state index contributed by atoms with van der Waals surface area (Å²) in [5.74, 6) is 0.158. The highest BCUT2D eigenvalue weighted by molar-refractivity contribution is 9.10. The predicted octanol–water partition coefficient (Wildman–Crippen LogP) is 1.36. The lowest BCUT2D eigenvalue weighted by atomic mass is 10.3. The number of amidine groups is 1. The second-order valence-corrected chi connectivity index (χ2v) is 10.3. The molecule has 0 spiro atoms. The first kappa shape index (κ1) is 25.4. The number of guanidine groups is 1. The van der Waals surface area contributed by atoms with Crippen molar-refractivity contribution in [2.75, 3.05) is 44.9 Å². The summed E-state index contributed by atoms with van der Waals surface area (Å²) < 4.78 is 49.5. The van der Waals surface area contributed by atoms with Crippen LogP contribution in [-0.2, 0) is 14.8 Å². The maximum absolute atomic E-state index is 13.4. The van der Waals surface area contributed by atoms with Gasteiger partial charge in [0.1, 0.15) is 5.82 Å². The van der Waals surface area contributed by atoms with Gasteiger partial charge < -0.3 is 9.64 Å². The molecule has 0 saturated carbocycles. The molecule has 180 valence electrons. The Morgan fingerprint density at radius 1 is 1.36 bits per heavy atom. The van der Waals surface area contributed by atoms with E-state index in [9.17, 15) is 18.0 Å². The summed E-state index contributed by atoms with van der Waals surface area (Å²) in [5, 5.41) is 17.4. The largest absolute Gasteiger partial charge is 0.378 e. The van der Waals surface area contributed by atoms with E-state index in [1.807, 2.05) is 5.48 Å². The van der Waals surface area contributed by atoms with Crippen molar-refractivity contribution in [3.05, 3.63) is 34.2 Å². The predicted molar refractivity (Wildman–Crippen MR) is 123 cm³/mol. The van der Waals surface area contributed by atoms with Crippen LogP contribution in [0.3, 0.4) is 0 Å². The van der Waals surface area contributed by atoms with Gasteiger partial charge in [-0.05, 0) is 44.4 Å². The van der Waals surface area contributed by atoms with Gasteiger partial charge in [0.25, 0.3) is 0 Å². The molecule has 0 atom stereocenters. The SMILES string of the molecule is CS(=O)(=O)NC(=NCCSc1nonc1C(=Nc1ccc(F)c(Br)c1)NO)N1CCOCC1. The first-order valence-corrected chi connectivity index (χ1v) is 13.2. The molecule has 16 heteroatoms. The number of sulfonamides is 1. The lowest BCUT2D eigenvalue weighted by Gasteiger charge is -2.29. The molecule has 1 fully saturated rings. The van der Waals surface area contributed by atoms with Crippen molar-refractivity contribution in [2.45, 2.75) is 5.03 Å². The van der Waals surface area contributed by atoms with Gasteiger partial charge in [-0.25, -0.2) is 22.4 Å². The Balaban J connectivity index is 1.68. The van der Waals surface area contributed by atoms with E-state index in [4.69, 9.17) is 9.37 Å². The monoisotopic (exact) mass is 565 g/mol. The molecule has 1 aromatic carbocycles. The van der Waals surface area contributed by atoms with Crippen LogP contribution < -0.4 is 10.2 Å². The van der Waals surface area contributed by atoms with Gasteiger partial charge in [-0.3, -0.25) is 20.4 Å². The number of hydroxylamine groups is 1. The third-order valence-electron chi connectivity index (χ3n) is 4.11. The average molecular weight is 566 g/mol. The summed E-state index contributed by atoms with van der Waals surface area (Å²) in [7, 11) is -3.50. The summed E-state index contributed by atoms with van der Waals surface area (Å²) in [6.07, 6.45) is 1.06. The Labute approximate surface area is 201 Å². The first-order chi connectivity index (χ1) is 15.8. The van der Waals surface area contributed by atoms with Crippen LogP contribution in [0.15, 0.2) is 42.3 Å². The van der Waals surface area contributed by atoms with Crippen molar-refractivity contribution >= 4 is 55.2 Å². The third kappa shape index (κ3) is 7.63. The van der Waals surface area contributed by atoms with Gasteiger partial charge in [0, 0.05) is 18.8 Å². The Hall–Kier alpha value is -2.27. The standard InChI is InChI=1S/C17H21BrFN7O5S2/c1-33(28,29)25-17(26-5-7-30-8-6-26)20-4-9-32-16-14(23-31-24-16)15(22-27)21-11-2-3-13(19)12(18)10-11/h2-3,10,27H,4-9H2,1H3,(H,20,25)(H,21,22). The fraction of sp³-hybridized carbons (Fsp3) is 0.412. The van der Waals surface area contributed by atoms with Gasteiger partial charge in [0.2, 0.25) is 16.0 Å². The van der Waals surface area contributed by atoms with Gasteiger partial charge in [0.15, 0.2) is 16.6 Å². The normalized spacial score (nSPS) is 15.6. The van der Waals surface area contributed by atoms with Gasteiger partial charge in [-0.1, -0.05) is 11.8 Å². The van der Waals surface area contributed by atoms with Crippen molar-refractivity contribution in [3.8, 4) is 0 Å². The first-order valence-electron chi connectivity index (χ1n) is 9.51. The van der Waals surface area contributed by atoms with E-state index >= 15 is 0 Å². The quantitative estimate of drug-likeness (QED) is 0.147. The number of ether oxygens (including phenoxy) is 1. The van der Waals surface area contributed by atoms with Crippen LogP contribution in [-0.4, -0.2) is 85.5 Å². The number of morpholine rings is 1.